The van der Waals surface area contributed by atoms with E-state index in [-0.39, 0.29) is 0 Å². The second kappa shape index (κ2) is 5.84. The fourth-order valence-electron chi connectivity index (χ4n) is 1.79. The molecule has 0 N–H and O–H groups in total. The van der Waals surface area contributed by atoms with Crippen LogP contribution in [0.2, 0.25) is 0 Å². The van der Waals surface area contributed by atoms with E-state index in [1.165, 1.54) is 37.8 Å². The van der Waals surface area contributed by atoms with Gasteiger partial charge < -0.3 is 4.57 Å². The molecule has 1 aromatic heterocycles. The van der Waals surface area contributed by atoms with Gasteiger partial charge in [0, 0.05) is 18.4 Å². The van der Waals surface area contributed by atoms with Gasteiger partial charge in [0.1, 0.15) is 5.82 Å². The van der Waals surface area contributed by atoms with Crippen molar-refractivity contribution in [2.45, 2.75) is 59.4 Å². The van der Waals surface area contributed by atoms with Crippen molar-refractivity contribution in [2.75, 3.05) is 0 Å². The Balaban J connectivity index is 2.24. The van der Waals surface area contributed by atoms with Crippen molar-refractivity contribution in [3.63, 3.8) is 0 Å². The van der Waals surface area contributed by atoms with E-state index in [0.717, 1.165) is 12.4 Å². The van der Waals surface area contributed by atoms with Crippen molar-refractivity contribution in [3.05, 3.63) is 17.7 Å². The number of hydrogen-bond donors (Lipinski definition) is 0. The molecule has 0 aliphatic carbocycles. The highest BCUT2D eigenvalue weighted by Gasteiger charge is 2.00. The van der Waals surface area contributed by atoms with Crippen LogP contribution in [-0.4, -0.2) is 9.55 Å². The molecule has 0 aromatic carbocycles. The lowest BCUT2D eigenvalue weighted by molar-refractivity contribution is 0.554. The maximum absolute atomic E-state index is 4.29. The number of unbranched alkanes of at least 4 members (excludes halogenated alkanes) is 4. The van der Waals surface area contributed by atoms with E-state index in [1.54, 1.807) is 0 Å². The molecule has 0 radical (unpaired) electrons. The molecular weight excluding hydrogens is 172 g/mol. The van der Waals surface area contributed by atoms with Crippen LogP contribution in [0.5, 0.6) is 0 Å². The Morgan fingerprint density at radius 3 is 2.43 bits per heavy atom. The van der Waals surface area contributed by atoms with E-state index in [2.05, 4.69) is 30.3 Å². The second-order valence-electron chi connectivity index (χ2n) is 4.01. The van der Waals surface area contributed by atoms with Gasteiger partial charge in [-0.05, 0) is 20.3 Å². The molecule has 0 bridgehead atoms. The summed E-state index contributed by atoms with van der Waals surface area (Å²) in [6.45, 7) is 7.61. The zero-order chi connectivity index (χ0) is 10.4. The highest BCUT2D eigenvalue weighted by molar-refractivity contribution is 5.01. The fraction of sp³-hybridized carbons (Fsp3) is 0.750. The highest BCUT2D eigenvalue weighted by atomic mass is 15.1. The molecule has 1 heterocycles. The molecule has 14 heavy (non-hydrogen) atoms. The van der Waals surface area contributed by atoms with Crippen LogP contribution in [0, 0.1) is 13.8 Å². The van der Waals surface area contributed by atoms with Crippen LogP contribution >= 0.6 is 0 Å². The van der Waals surface area contributed by atoms with Crippen molar-refractivity contribution in [1.82, 2.24) is 9.55 Å². The quantitative estimate of drug-likeness (QED) is 0.634. The molecule has 2 nitrogen and oxygen atoms in total. The van der Waals surface area contributed by atoms with Crippen LogP contribution in [0.3, 0.4) is 0 Å². The summed E-state index contributed by atoms with van der Waals surface area (Å²) in [6, 6.07) is 0. The normalized spacial score (nSPS) is 10.8. The molecule has 2 heteroatoms. The molecule has 0 atom stereocenters. The predicted octanol–water partition coefficient (Wildman–Crippen LogP) is 3.47. The first-order valence-electron chi connectivity index (χ1n) is 5.74. The van der Waals surface area contributed by atoms with Gasteiger partial charge in [0.2, 0.25) is 0 Å². The Hall–Kier alpha value is -0.790. The molecule has 0 aliphatic rings. The summed E-state index contributed by atoms with van der Waals surface area (Å²) in [5.74, 6) is 1.15. The lowest BCUT2D eigenvalue weighted by Crippen LogP contribution is -2.02. The smallest absolute Gasteiger partial charge is 0.105 e. The first kappa shape index (κ1) is 11.3. The van der Waals surface area contributed by atoms with E-state index in [4.69, 9.17) is 0 Å². The van der Waals surface area contributed by atoms with Gasteiger partial charge in [0.05, 0.1) is 0 Å². The largest absolute Gasteiger partial charge is 0.333 e. The molecule has 0 aliphatic heterocycles. The predicted molar refractivity (Wildman–Crippen MR) is 60.5 cm³/mol. The third-order valence-corrected chi connectivity index (χ3v) is 2.74. The fourth-order valence-corrected chi connectivity index (χ4v) is 1.79. The standard InChI is InChI=1S/C12H22N2/c1-4-5-6-7-8-9-14-11(2)10-13-12(14)3/h10H,4-9H2,1-3H3. The summed E-state index contributed by atoms with van der Waals surface area (Å²) in [5, 5.41) is 0. The van der Waals surface area contributed by atoms with E-state index >= 15 is 0 Å². The Morgan fingerprint density at radius 1 is 1.14 bits per heavy atom. The molecular formula is C12H22N2. The van der Waals surface area contributed by atoms with E-state index in [9.17, 15) is 0 Å². The summed E-state index contributed by atoms with van der Waals surface area (Å²) in [6.07, 6.45) is 8.68. The average molecular weight is 194 g/mol. The molecule has 80 valence electrons. The SMILES string of the molecule is CCCCCCCn1c(C)cnc1C. The van der Waals surface area contributed by atoms with Crippen molar-refractivity contribution >= 4 is 0 Å². The number of rotatable bonds is 6. The lowest BCUT2D eigenvalue weighted by Gasteiger charge is -2.07. The zero-order valence-electron chi connectivity index (χ0n) is 9.71. The first-order chi connectivity index (χ1) is 6.75. The third kappa shape index (κ3) is 3.17. The maximum atomic E-state index is 4.29. The van der Waals surface area contributed by atoms with E-state index in [0.29, 0.717) is 0 Å². The van der Waals surface area contributed by atoms with Gasteiger partial charge in [-0.25, -0.2) is 4.98 Å². The van der Waals surface area contributed by atoms with Gasteiger partial charge in [0.15, 0.2) is 0 Å². The number of hydrogen-bond acceptors (Lipinski definition) is 1. The van der Waals surface area contributed by atoms with Crippen LogP contribution in [0.25, 0.3) is 0 Å². The number of imidazole rings is 1. The van der Waals surface area contributed by atoms with Crippen LogP contribution in [-0.2, 0) is 6.54 Å². The van der Waals surface area contributed by atoms with E-state index in [1.807, 2.05) is 6.20 Å². The molecule has 0 saturated heterocycles. The average Bonchev–Trinajstić information content (AvgIpc) is 2.48. The summed E-state index contributed by atoms with van der Waals surface area (Å²) in [5.41, 5.74) is 1.29. The second-order valence-corrected chi connectivity index (χ2v) is 4.01. The minimum absolute atomic E-state index is 1.14. The third-order valence-electron chi connectivity index (χ3n) is 2.74. The maximum Gasteiger partial charge on any atom is 0.105 e. The van der Waals surface area contributed by atoms with Gasteiger partial charge >= 0.3 is 0 Å². The van der Waals surface area contributed by atoms with Crippen molar-refractivity contribution in [3.8, 4) is 0 Å². The van der Waals surface area contributed by atoms with Crippen LogP contribution in [0.1, 0.15) is 50.5 Å². The zero-order valence-corrected chi connectivity index (χ0v) is 9.71. The molecule has 0 fully saturated rings. The molecule has 1 aromatic rings. The Labute approximate surface area is 87.4 Å². The van der Waals surface area contributed by atoms with Gasteiger partial charge in [-0.3, -0.25) is 0 Å². The van der Waals surface area contributed by atoms with Crippen LogP contribution in [0.15, 0.2) is 6.20 Å². The summed E-state index contributed by atoms with van der Waals surface area (Å²) in [7, 11) is 0. The Morgan fingerprint density at radius 2 is 1.86 bits per heavy atom. The van der Waals surface area contributed by atoms with Crippen molar-refractivity contribution < 1.29 is 0 Å². The summed E-state index contributed by atoms with van der Waals surface area (Å²) in [4.78, 5) is 4.29. The van der Waals surface area contributed by atoms with Crippen molar-refractivity contribution in [2.24, 2.45) is 0 Å². The minimum atomic E-state index is 1.14. The van der Waals surface area contributed by atoms with Crippen molar-refractivity contribution in [1.29, 1.82) is 0 Å². The molecule has 0 spiro atoms. The Bertz CT molecular complexity index is 244. The molecule has 0 saturated carbocycles. The number of nitrogens with zero attached hydrogens (tertiary/aromatic N) is 2. The molecule has 1 rings (SSSR count). The molecule has 0 unspecified atom stereocenters. The number of aryl methyl sites for hydroxylation is 2. The van der Waals surface area contributed by atoms with Gasteiger partial charge in [0.25, 0.3) is 0 Å². The van der Waals surface area contributed by atoms with E-state index < -0.39 is 0 Å². The van der Waals surface area contributed by atoms with Crippen LogP contribution in [0.4, 0.5) is 0 Å². The minimum Gasteiger partial charge on any atom is -0.333 e. The lowest BCUT2D eigenvalue weighted by atomic mass is 10.1. The monoisotopic (exact) mass is 194 g/mol. The van der Waals surface area contributed by atoms with Gasteiger partial charge in [-0.2, -0.15) is 0 Å². The van der Waals surface area contributed by atoms with Gasteiger partial charge in [-0.15, -0.1) is 0 Å². The Kier molecular flexibility index (Phi) is 4.71. The topological polar surface area (TPSA) is 17.8 Å². The summed E-state index contributed by atoms with van der Waals surface area (Å²) >= 11 is 0. The van der Waals surface area contributed by atoms with Gasteiger partial charge in [-0.1, -0.05) is 32.6 Å². The summed E-state index contributed by atoms with van der Waals surface area (Å²) < 4.78 is 2.31. The first-order valence-corrected chi connectivity index (χ1v) is 5.74. The highest BCUT2D eigenvalue weighted by Crippen LogP contribution is 2.08. The molecule has 0 amide bonds. The number of aromatic nitrogens is 2. The van der Waals surface area contributed by atoms with Crippen LogP contribution < -0.4 is 0 Å².